The number of halogens is 1. The van der Waals surface area contributed by atoms with E-state index in [0.29, 0.717) is 40.5 Å². The third-order valence-electron chi connectivity index (χ3n) is 6.18. The van der Waals surface area contributed by atoms with Gasteiger partial charge in [-0.25, -0.2) is 15.0 Å². The molecule has 3 aromatic rings. The lowest BCUT2D eigenvalue weighted by Gasteiger charge is -2.39. The maximum Gasteiger partial charge on any atom is 0.318 e. The number of hydrogen-bond acceptors (Lipinski definition) is 7. The Hall–Kier alpha value is -3.25. The third kappa shape index (κ3) is 2.79. The summed E-state index contributed by atoms with van der Waals surface area (Å²) in [5.41, 5.74) is 0.282. The van der Waals surface area contributed by atoms with Gasteiger partial charge in [-0.05, 0) is 31.7 Å². The van der Waals surface area contributed by atoms with E-state index in [-0.39, 0.29) is 18.1 Å². The molecule has 2 saturated heterocycles. The summed E-state index contributed by atoms with van der Waals surface area (Å²) in [5, 5.41) is 9.38. The van der Waals surface area contributed by atoms with Crippen molar-refractivity contribution in [1.29, 1.82) is 5.26 Å². The summed E-state index contributed by atoms with van der Waals surface area (Å²) >= 11 is 6.08. The Morgan fingerprint density at radius 1 is 1.03 bits per heavy atom. The highest BCUT2D eigenvalue weighted by Gasteiger charge is 2.43. The predicted octanol–water partition coefficient (Wildman–Crippen LogP) is 1.78. The van der Waals surface area contributed by atoms with E-state index in [1.807, 2.05) is 6.07 Å². The zero-order chi connectivity index (χ0) is 21.0. The zero-order valence-electron chi connectivity index (χ0n) is 16.2. The first-order valence-corrected chi connectivity index (χ1v) is 10.1. The molecule has 1 unspecified atom stereocenters. The van der Waals surface area contributed by atoms with Crippen LogP contribution in [0.25, 0.3) is 11.2 Å². The molecule has 30 heavy (non-hydrogen) atoms. The number of nitrogens with zero attached hydrogens (tertiary/aromatic N) is 7. The molecule has 2 fully saturated rings. The minimum absolute atomic E-state index is 0.144. The van der Waals surface area contributed by atoms with E-state index in [4.69, 9.17) is 16.9 Å². The predicted molar refractivity (Wildman–Crippen MR) is 111 cm³/mol. The first-order valence-electron chi connectivity index (χ1n) is 9.75. The van der Waals surface area contributed by atoms with Gasteiger partial charge in [0.1, 0.15) is 6.07 Å². The number of fused-ring (bicyclic) bond motifs is 3. The molecule has 0 amide bonds. The van der Waals surface area contributed by atoms with E-state index in [9.17, 15) is 9.59 Å². The van der Waals surface area contributed by atoms with Crippen molar-refractivity contribution in [2.24, 2.45) is 7.05 Å². The molecule has 0 aromatic carbocycles. The fraction of sp³-hybridized carbons (Fsp3) is 0.400. The SMILES string of the molecule is Cn1c(=O)c(=O)n(C2C[C@H]3CC[C@@H](C2)N3c2ncc(C#N)cn2)c2ncc(Cl)cc21. The highest BCUT2D eigenvalue weighted by Crippen LogP contribution is 2.42. The number of pyridine rings is 1. The Kier molecular flexibility index (Phi) is 4.33. The van der Waals surface area contributed by atoms with E-state index >= 15 is 0 Å². The van der Waals surface area contributed by atoms with Gasteiger partial charge in [0.05, 0.1) is 28.5 Å². The van der Waals surface area contributed by atoms with Crippen LogP contribution in [0.4, 0.5) is 5.95 Å². The lowest BCUT2D eigenvalue weighted by molar-refractivity contribution is 0.330. The molecule has 2 bridgehead atoms. The Bertz CT molecular complexity index is 1290. The first-order chi connectivity index (χ1) is 14.5. The fourth-order valence-corrected chi connectivity index (χ4v) is 4.99. The molecule has 3 atom stereocenters. The molecule has 3 aromatic heterocycles. The van der Waals surface area contributed by atoms with Crippen LogP contribution in [0, 0.1) is 11.3 Å². The molecule has 0 aliphatic carbocycles. The van der Waals surface area contributed by atoms with Crippen molar-refractivity contribution in [1.82, 2.24) is 24.1 Å². The van der Waals surface area contributed by atoms with Crippen LogP contribution >= 0.6 is 11.6 Å². The molecule has 5 rings (SSSR count). The average molecular weight is 424 g/mol. The highest BCUT2D eigenvalue weighted by molar-refractivity contribution is 6.31. The second-order valence-corrected chi connectivity index (χ2v) is 8.27. The summed E-state index contributed by atoms with van der Waals surface area (Å²) in [5.74, 6) is 0.603. The molecule has 0 radical (unpaired) electrons. The van der Waals surface area contributed by atoms with E-state index in [1.54, 1.807) is 17.7 Å². The third-order valence-corrected chi connectivity index (χ3v) is 6.39. The lowest BCUT2D eigenvalue weighted by Crippen LogP contribution is -2.49. The number of piperidine rings is 1. The summed E-state index contributed by atoms with van der Waals surface area (Å²) in [6.07, 6.45) is 7.85. The van der Waals surface area contributed by atoms with Gasteiger partial charge < -0.3 is 9.47 Å². The van der Waals surface area contributed by atoms with Crippen LogP contribution in [0.3, 0.4) is 0 Å². The Labute approximate surface area is 176 Å². The topological polar surface area (TPSA) is 110 Å². The highest BCUT2D eigenvalue weighted by atomic mass is 35.5. The number of aromatic nitrogens is 5. The number of nitriles is 1. The summed E-state index contributed by atoms with van der Waals surface area (Å²) in [4.78, 5) is 40.8. The minimum atomic E-state index is -0.586. The van der Waals surface area contributed by atoms with Gasteiger partial charge in [0.2, 0.25) is 5.95 Å². The van der Waals surface area contributed by atoms with Gasteiger partial charge in [0, 0.05) is 31.4 Å². The van der Waals surface area contributed by atoms with Gasteiger partial charge >= 0.3 is 11.1 Å². The van der Waals surface area contributed by atoms with Crippen LogP contribution in [0.15, 0.2) is 34.2 Å². The van der Waals surface area contributed by atoms with Gasteiger partial charge in [0.25, 0.3) is 0 Å². The Morgan fingerprint density at radius 3 is 2.33 bits per heavy atom. The van der Waals surface area contributed by atoms with E-state index in [1.165, 1.54) is 23.2 Å². The smallest absolute Gasteiger partial charge is 0.318 e. The minimum Gasteiger partial charge on any atom is -0.335 e. The van der Waals surface area contributed by atoms with Gasteiger partial charge in [-0.2, -0.15) is 5.26 Å². The van der Waals surface area contributed by atoms with Crippen LogP contribution in [-0.2, 0) is 7.05 Å². The van der Waals surface area contributed by atoms with Gasteiger partial charge in [0.15, 0.2) is 5.65 Å². The van der Waals surface area contributed by atoms with Crippen molar-refractivity contribution >= 4 is 28.7 Å². The summed E-state index contributed by atoms with van der Waals surface area (Å²) in [6.45, 7) is 0. The van der Waals surface area contributed by atoms with Crippen molar-refractivity contribution in [3.05, 3.63) is 56.0 Å². The van der Waals surface area contributed by atoms with Gasteiger partial charge in [-0.15, -0.1) is 0 Å². The molecule has 5 heterocycles. The maximum atomic E-state index is 12.9. The molecule has 0 N–H and O–H groups in total. The standard InChI is InChI=1S/C20H18ClN7O2/c1-26-16-4-12(21)10-23-17(16)28(19(30)18(26)29)15-5-13-2-3-14(6-15)27(13)20-24-8-11(7-22)9-25-20/h4,8-10,13-15H,2-3,5-6H2,1H3/t13-,14+,15?. The number of rotatable bonds is 2. The lowest BCUT2D eigenvalue weighted by atomic mass is 9.97. The second-order valence-electron chi connectivity index (χ2n) is 7.84. The molecule has 0 spiro atoms. The van der Waals surface area contributed by atoms with Crippen molar-refractivity contribution in [3.8, 4) is 6.07 Å². The van der Waals surface area contributed by atoms with E-state index < -0.39 is 11.1 Å². The fourth-order valence-electron chi connectivity index (χ4n) is 4.84. The number of anilines is 1. The van der Waals surface area contributed by atoms with Gasteiger partial charge in [-0.3, -0.25) is 14.2 Å². The van der Waals surface area contributed by atoms with Crippen LogP contribution in [0.5, 0.6) is 0 Å². The molecule has 10 heteroatoms. The number of hydrogen-bond donors (Lipinski definition) is 0. The van der Waals surface area contributed by atoms with Crippen molar-refractivity contribution < 1.29 is 0 Å². The van der Waals surface area contributed by atoms with Gasteiger partial charge in [-0.1, -0.05) is 11.6 Å². The quantitative estimate of drug-likeness (QED) is 0.578. The van der Waals surface area contributed by atoms with Crippen molar-refractivity contribution in [2.45, 2.75) is 43.8 Å². The molecule has 9 nitrogen and oxygen atoms in total. The molecule has 152 valence electrons. The molecule has 2 aliphatic rings. The molecule has 2 aliphatic heterocycles. The molecular weight excluding hydrogens is 406 g/mol. The zero-order valence-corrected chi connectivity index (χ0v) is 17.0. The summed E-state index contributed by atoms with van der Waals surface area (Å²) in [7, 11) is 1.56. The molecule has 0 saturated carbocycles. The van der Waals surface area contributed by atoms with Crippen molar-refractivity contribution in [3.63, 3.8) is 0 Å². The summed E-state index contributed by atoms with van der Waals surface area (Å²) < 4.78 is 2.86. The van der Waals surface area contributed by atoms with Crippen LogP contribution < -0.4 is 16.0 Å². The van der Waals surface area contributed by atoms with Crippen molar-refractivity contribution in [2.75, 3.05) is 4.90 Å². The Morgan fingerprint density at radius 2 is 1.70 bits per heavy atom. The largest absolute Gasteiger partial charge is 0.335 e. The van der Waals surface area contributed by atoms with E-state index in [2.05, 4.69) is 19.9 Å². The van der Waals surface area contributed by atoms with E-state index in [0.717, 1.165) is 12.8 Å². The van der Waals surface area contributed by atoms with Crippen LogP contribution in [-0.4, -0.2) is 36.2 Å². The molecular formula is C20H18ClN7O2. The summed E-state index contributed by atoms with van der Waals surface area (Å²) in [6, 6.07) is 3.86. The Balaban J connectivity index is 1.55. The first kappa shape index (κ1) is 18.8. The van der Waals surface area contributed by atoms with Crippen LogP contribution in [0.1, 0.15) is 37.3 Å². The second kappa shape index (κ2) is 6.92. The average Bonchev–Trinajstić information content (AvgIpc) is 3.02. The number of aryl methyl sites for hydroxylation is 1. The normalized spacial score (nSPS) is 23.0. The van der Waals surface area contributed by atoms with Crippen LogP contribution in [0.2, 0.25) is 5.02 Å². The maximum absolute atomic E-state index is 12.9. The monoisotopic (exact) mass is 423 g/mol.